The lowest BCUT2D eigenvalue weighted by Crippen LogP contribution is -2.31. The van der Waals surface area contributed by atoms with Gasteiger partial charge in [0.15, 0.2) is 0 Å². The monoisotopic (exact) mass is 492 g/mol. The molecular formula is C27H28N2O5S. The molecule has 0 saturated carbocycles. The predicted octanol–water partition coefficient (Wildman–Crippen LogP) is 4.76. The first kappa shape index (κ1) is 25.7. The van der Waals surface area contributed by atoms with Crippen LogP contribution in [0, 0.1) is 0 Å². The molecule has 182 valence electrons. The molecule has 3 aromatic carbocycles. The van der Waals surface area contributed by atoms with Crippen LogP contribution in [0.1, 0.15) is 10.4 Å². The maximum Gasteiger partial charge on any atom is 0.255 e. The zero-order valence-electron chi connectivity index (χ0n) is 19.3. The third kappa shape index (κ3) is 7.30. The van der Waals surface area contributed by atoms with Gasteiger partial charge >= 0.3 is 0 Å². The molecule has 0 fully saturated rings. The lowest BCUT2D eigenvalue weighted by Gasteiger charge is -2.19. The van der Waals surface area contributed by atoms with Crippen LogP contribution in [0.5, 0.6) is 11.5 Å². The minimum atomic E-state index is -3.71. The quantitative estimate of drug-likeness (QED) is 0.275. The maximum atomic E-state index is 12.8. The van der Waals surface area contributed by atoms with Crippen molar-refractivity contribution in [2.45, 2.75) is 4.90 Å². The molecule has 8 heteroatoms. The van der Waals surface area contributed by atoms with Crippen molar-refractivity contribution in [1.82, 2.24) is 4.31 Å². The first-order chi connectivity index (χ1) is 16.9. The lowest BCUT2D eigenvalue weighted by atomic mass is 10.2. The highest BCUT2D eigenvalue weighted by Gasteiger charge is 2.22. The molecule has 1 N–H and O–H groups in total. The topological polar surface area (TPSA) is 84.9 Å². The van der Waals surface area contributed by atoms with Gasteiger partial charge in [0.25, 0.3) is 5.91 Å². The third-order valence-corrected chi connectivity index (χ3v) is 6.72. The number of nitrogens with zero attached hydrogens (tertiary/aromatic N) is 1. The predicted molar refractivity (Wildman–Crippen MR) is 137 cm³/mol. The molecular weight excluding hydrogens is 464 g/mol. The van der Waals surface area contributed by atoms with Gasteiger partial charge in [0.2, 0.25) is 10.0 Å². The largest absolute Gasteiger partial charge is 0.490 e. The molecule has 0 heterocycles. The minimum absolute atomic E-state index is 0.118. The summed E-state index contributed by atoms with van der Waals surface area (Å²) in [4.78, 5) is 12.8. The van der Waals surface area contributed by atoms with Gasteiger partial charge in [-0.15, -0.1) is 13.2 Å². The summed E-state index contributed by atoms with van der Waals surface area (Å²) < 4.78 is 38.2. The average Bonchev–Trinajstić information content (AvgIpc) is 2.87. The number of anilines is 1. The Morgan fingerprint density at radius 3 is 2.06 bits per heavy atom. The molecule has 0 aromatic heterocycles. The summed E-state index contributed by atoms with van der Waals surface area (Å²) in [7, 11) is -3.71. The van der Waals surface area contributed by atoms with E-state index in [0.717, 1.165) is 5.75 Å². The first-order valence-corrected chi connectivity index (χ1v) is 12.4. The standard InChI is InChI=1S/C27H28N2O5S/c1-3-17-29(18-4-2)35(31,32)26-15-13-23(14-16-26)28-27(30)22-9-8-12-25(21-22)34-20-19-33-24-10-6-5-7-11-24/h3-16,21H,1-2,17-20H2,(H,28,30). The Bertz CT molecular complexity index is 1230. The van der Waals surface area contributed by atoms with Crippen molar-refractivity contribution in [2.24, 2.45) is 0 Å². The van der Waals surface area contributed by atoms with Crippen LogP contribution in [0.4, 0.5) is 5.69 Å². The summed E-state index contributed by atoms with van der Waals surface area (Å²) in [5.41, 5.74) is 0.877. The van der Waals surface area contributed by atoms with Crippen molar-refractivity contribution in [1.29, 1.82) is 0 Å². The Hall–Kier alpha value is -3.88. The molecule has 0 unspecified atom stereocenters. The van der Waals surface area contributed by atoms with E-state index in [-0.39, 0.29) is 23.9 Å². The van der Waals surface area contributed by atoms with E-state index in [1.807, 2.05) is 30.3 Å². The molecule has 0 bridgehead atoms. The highest BCUT2D eigenvalue weighted by atomic mass is 32.2. The molecule has 0 spiro atoms. The highest BCUT2D eigenvalue weighted by molar-refractivity contribution is 7.89. The van der Waals surface area contributed by atoms with Gasteiger partial charge in [-0.2, -0.15) is 4.31 Å². The molecule has 0 aliphatic rings. The molecule has 35 heavy (non-hydrogen) atoms. The molecule has 0 saturated heterocycles. The second-order valence-electron chi connectivity index (χ2n) is 7.42. The summed E-state index contributed by atoms with van der Waals surface area (Å²) in [5.74, 6) is 0.962. The SMILES string of the molecule is C=CCN(CC=C)S(=O)(=O)c1ccc(NC(=O)c2cccc(OCCOc3ccccc3)c2)cc1. The van der Waals surface area contributed by atoms with E-state index in [9.17, 15) is 13.2 Å². The molecule has 7 nitrogen and oxygen atoms in total. The first-order valence-electron chi connectivity index (χ1n) is 11.0. The smallest absolute Gasteiger partial charge is 0.255 e. The minimum Gasteiger partial charge on any atom is -0.490 e. The van der Waals surface area contributed by atoms with Gasteiger partial charge in [-0.05, 0) is 54.6 Å². The van der Waals surface area contributed by atoms with Gasteiger partial charge in [0.05, 0.1) is 4.90 Å². The van der Waals surface area contributed by atoms with Crippen molar-refractivity contribution in [3.8, 4) is 11.5 Å². The number of amides is 1. The Balaban J connectivity index is 1.58. The van der Waals surface area contributed by atoms with Gasteiger partial charge in [-0.25, -0.2) is 8.42 Å². The molecule has 3 aromatic rings. The van der Waals surface area contributed by atoms with E-state index in [0.29, 0.717) is 30.2 Å². The number of hydrogen-bond donors (Lipinski definition) is 1. The van der Waals surface area contributed by atoms with E-state index < -0.39 is 10.0 Å². The Morgan fingerprint density at radius 1 is 0.829 bits per heavy atom. The van der Waals surface area contributed by atoms with Gasteiger partial charge < -0.3 is 14.8 Å². The summed E-state index contributed by atoms with van der Waals surface area (Å²) in [6.07, 6.45) is 3.04. The molecule has 0 aliphatic heterocycles. The Labute approximate surface area is 206 Å². The zero-order valence-corrected chi connectivity index (χ0v) is 20.1. The van der Waals surface area contributed by atoms with E-state index >= 15 is 0 Å². The summed E-state index contributed by atoms with van der Waals surface area (Å²) in [6, 6.07) is 22.2. The van der Waals surface area contributed by atoms with Crippen LogP contribution < -0.4 is 14.8 Å². The number of rotatable bonds is 13. The van der Waals surface area contributed by atoms with Crippen molar-refractivity contribution in [3.63, 3.8) is 0 Å². The Kier molecular flexibility index (Phi) is 9.23. The Morgan fingerprint density at radius 2 is 1.43 bits per heavy atom. The maximum absolute atomic E-state index is 12.8. The molecule has 0 aliphatic carbocycles. The number of carbonyl (C=O) groups excluding carboxylic acids is 1. The number of para-hydroxylation sites is 1. The normalized spacial score (nSPS) is 11.0. The van der Waals surface area contributed by atoms with Crippen molar-refractivity contribution in [2.75, 3.05) is 31.6 Å². The number of nitrogens with one attached hydrogen (secondary N) is 1. The fraction of sp³-hybridized carbons (Fsp3) is 0.148. The lowest BCUT2D eigenvalue weighted by molar-refractivity contribution is 0.102. The van der Waals surface area contributed by atoms with Gasteiger partial charge in [-0.3, -0.25) is 4.79 Å². The van der Waals surface area contributed by atoms with Crippen LogP contribution in [0.3, 0.4) is 0 Å². The second-order valence-corrected chi connectivity index (χ2v) is 9.35. The van der Waals surface area contributed by atoms with Gasteiger partial charge in [0.1, 0.15) is 24.7 Å². The van der Waals surface area contributed by atoms with Gasteiger partial charge in [0, 0.05) is 24.3 Å². The number of hydrogen-bond acceptors (Lipinski definition) is 5. The van der Waals surface area contributed by atoms with E-state index in [1.54, 1.807) is 36.4 Å². The third-order valence-electron chi connectivity index (χ3n) is 4.88. The number of ether oxygens (including phenoxy) is 2. The summed E-state index contributed by atoms with van der Waals surface area (Å²) >= 11 is 0. The molecule has 1 amide bonds. The zero-order chi connectivity index (χ0) is 25.1. The van der Waals surface area contributed by atoms with Crippen molar-refractivity contribution < 1.29 is 22.7 Å². The average molecular weight is 493 g/mol. The van der Waals surface area contributed by atoms with E-state index in [4.69, 9.17) is 9.47 Å². The summed E-state index contributed by atoms with van der Waals surface area (Å²) in [5, 5.41) is 2.77. The number of sulfonamides is 1. The highest BCUT2D eigenvalue weighted by Crippen LogP contribution is 2.20. The van der Waals surface area contributed by atoms with Gasteiger partial charge in [-0.1, -0.05) is 36.4 Å². The van der Waals surface area contributed by atoms with Crippen LogP contribution in [-0.4, -0.2) is 44.9 Å². The number of benzene rings is 3. The molecule has 3 rings (SSSR count). The molecule has 0 radical (unpaired) electrons. The van der Waals surface area contributed by atoms with Crippen molar-refractivity contribution in [3.05, 3.63) is 110 Å². The van der Waals surface area contributed by atoms with Crippen LogP contribution in [0.15, 0.2) is 109 Å². The van der Waals surface area contributed by atoms with Crippen LogP contribution in [0.25, 0.3) is 0 Å². The van der Waals surface area contributed by atoms with Crippen LogP contribution >= 0.6 is 0 Å². The van der Waals surface area contributed by atoms with E-state index in [1.165, 1.54) is 28.6 Å². The summed E-state index contributed by atoms with van der Waals surface area (Å²) in [6.45, 7) is 8.24. The van der Waals surface area contributed by atoms with Crippen LogP contribution in [-0.2, 0) is 10.0 Å². The fourth-order valence-electron chi connectivity index (χ4n) is 3.18. The van der Waals surface area contributed by atoms with Crippen molar-refractivity contribution >= 4 is 21.6 Å². The van der Waals surface area contributed by atoms with Crippen LogP contribution in [0.2, 0.25) is 0 Å². The fourth-order valence-corrected chi connectivity index (χ4v) is 4.57. The molecule has 0 atom stereocenters. The second kappa shape index (κ2) is 12.5. The van der Waals surface area contributed by atoms with E-state index in [2.05, 4.69) is 18.5 Å². The number of carbonyl (C=O) groups is 1.